The third-order valence-corrected chi connectivity index (χ3v) is 4.19. The third-order valence-electron chi connectivity index (χ3n) is 4.19. The van der Waals surface area contributed by atoms with Crippen LogP contribution in [0, 0.1) is 0 Å². The van der Waals surface area contributed by atoms with Crippen LogP contribution in [0.1, 0.15) is 11.1 Å². The highest BCUT2D eigenvalue weighted by atomic mass is 16.5. The maximum absolute atomic E-state index is 12.2. The zero-order valence-corrected chi connectivity index (χ0v) is 13.9. The molecule has 0 radical (unpaired) electrons. The molecule has 5 nitrogen and oxygen atoms in total. The molecule has 1 fully saturated rings. The topological polar surface area (TPSA) is 66.8 Å². The Kier molecular flexibility index (Phi) is 4.84. The summed E-state index contributed by atoms with van der Waals surface area (Å²) in [5.74, 6) is -0.581. The van der Waals surface area contributed by atoms with Crippen molar-refractivity contribution in [3.05, 3.63) is 65.2 Å². The van der Waals surface area contributed by atoms with Gasteiger partial charge < -0.3 is 14.7 Å². The molecular weight excluding hydrogens is 318 g/mol. The maximum Gasteiger partial charge on any atom is 0.294 e. The second kappa shape index (κ2) is 7.21. The van der Waals surface area contributed by atoms with E-state index >= 15 is 0 Å². The first-order valence-electron chi connectivity index (χ1n) is 8.03. The van der Waals surface area contributed by atoms with Crippen LogP contribution in [0.25, 0.3) is 6.08 Å². The quantitative estimate of drug-likeness (QED) is 0.672. The summed E-state index contributed by atoms with van der Waals surface area (Å²) in [6.45, 7) is 0.804. The molecule has 0 atom stereocenters. The second-order valence-electron chi connectivity index (χ2n) is 5.89. The predicted octanol–water partition coefficient (Wildman–Crippen LogP) is 2.44. The number of rotatable bonds is 5. The Labute approximate surface area is 146 Å². The molecule has 2 aromatic rings. The van der Waals surface area contributed by atoms with E-state index in [2.05, 4.69) is 0 Å². The van der Waals surface area contributed by atoms with Gasteiger partial charge in [-0.15, -0.1) is 0 Å². The van der Waals surface area contributed by atoms with Crippen molar-refractivity contribution in [2.24, 2.45) is 0 Å². The second-order valence-corrected chi connectivity index (χ2v) is 5.89. The Hall–Kier alpha value is -3.08. The van der Waals surface area contributed by atoms with Gasteiger partial charge in [-0.05, 0) is 35.8 Å². The number of Topliss-reactive ketones (excluding diaryl/α,β-unsaturated/α-hetero) is 1. The molecule has 1 heterocycles. The number of nitrogens with zero attached hydrogens (tertiary/aromatic N) is 1. The van der Waals surface area contributed by atoms with Crippen molar-refractivity contribution in [2.45, 2.75) is 6.42 Å². The molecule has 0 saturated carbocycles. The van der Waals surface area contributed by atoms with E-state index in [1.54, 1.807) is 23.1 Å². The van der Waals surface area contributed by atoms with Crippen LogP contribution in [0.4, 0.5) is 0 Å². The van der Waals surface area contributed by atoms with Gasteiger partial charge in [-0.1, -0.05) is 36.4 Å². The fourth-order valence-electron chi connectivity index (χ4n) is 2.82. The number of carbonyl (C=O) groups is 2. The first kappa shape index (κ1) is 16.8. The molecule has 1 saturated heterocycles. The molecule has 128 valence electrons. The summed E-state index contributed by atoms with van der Waals surface area (Å²) < 4.78 is 5.07. The van der Waals surface area contributed by atoms with Gasteiger partial charge >= 0.3 is 0 Å². The van der Waals surface area contributed by atoms with Gasteiger partial charge in [0.2, 0.25) is 5.78 Å². The van der Waals surface area contributed by atoms with Crippen LogP contribution in [0.2, 0.25) is 0 Å². The number of hydrogen-bond acceptors (Lipinski definition) is 4. The zero-order chi connectivity index (χ0) is 17.8. The fourth-order valence-corrected chi connectivity index (χ4v) is 2.82. The van der Waals surface area contributed by atoms with Gasteiger partial charge in [0.25, 0.3) is 5.91 Å². The molecule has 3 rings (SSSR count). The lowest BCUT2D eigenvalue weighted by atomic mass is 10.1. The lowest BCUT2D eigenvalue weighted by molar-refractivity contribution is -0.139. The number of hydrogen-bond donors (Lipinski definition) is 1. The first-order chi connectivity index (χ1) is 12.1. The largest absolute Gasteiger partial charge is 0.504 e. The van der Waals surface area contributed by atoms with Crippen LogP contribution in [0.3, 0.4) is 0 Å². The minimum absolute atomic E-state index is 0.0305. The average molecular weight is 337 g/mol. The van der Waals surface area contributed by atoms with Gasteiger partial charge in [-0.3, -0.25) is 9.59 Å². The lowest BCUT2D eigenvalue weighted by Gasteiger charge is -2.13. The number of ketones is 1. The zero-order valence-electron chi connectivity index (χ0n) is 13.9. The normalized spacial score (nSPS) is 15.9. The first-order valence-corrected chi connectivity index (χ1v) is 8.03. The van der Waals surface area contributed by atoms with Crippen LogP contribution in [-0.2, 0) is 16.0 Å². The van der Waals surface area contributed by atoms with E-state index in [1.807, 2.05) is 30.3 Å². The number of amides is 1. The molecule has 0 unspecified atom stereocenters. The smallest absolute Gasteiger partial charge is 0.294 e. The number of carbonyl (C=O) groups excluding carboxylic acids is 2. The average Bonchev–Trinajstić information content (AvgIpc) is 2.90. The maximum atomic E-state index is 12.2. The molecule has 0 aliphatic carbocycles. The molecule has 1 aliphatic heterocycles. The molecule has 1 N–H and O–H groups in total. The number of phenols is 1. The van der Waals surface area contributed by atoms with Crippen molar-refractivity contribution in [1.29, 1.82) is 0 Å². The molecule has 2 aromatic carbocycles. The summed E-state index contributed by atoms with van der Waals surface area (Å²) in [7, 11) is 1.46. The van der Waals surface area contributed by atoms with Crippen molar-refractivity contribution >= 4 is 17.8 Å². The number of aromatic hydroxyl groups is 1. The minimum Gasteiger partial charge on any atom is -0.504 e. The molecule has 1 amide bonds. The Morgan fingerprint density at radius 3 is 2.64 bits per heavy atom. The fraction of sp³-hybridized carbons (Fsp3) is 0.200. The van der Waals surface area contributed by atoms with E-state index in [9.17, 15) is 14.7 Å². The van der Waals surface area contributed by atoms with Crippen LogP contribution < -0.4 is 4.74 Å². The lowest BCUT2D eigenvalue weighted by Crippen LogP contribution is -2.29. The van der Waals surface area contributed by atoms with E-state index in [-0.39, 0.29) is 5.75 Å². The van der Waals surface area contributed by atoms with E-state index in [1.165, 1.54) is 13.2 Å². The highest BCUT2D eigenvalue weighted by molar-refractivity contribution is 6.45. The number of ether oxygens (including phenoxy) is 1. The van der Waals surface area contributed by atoms with Crippen LogP contribution in [0.15, 0.2) is 54.1 Å². The Balaban J connectivity index is 1.73. The molecule has 1 aliphatic rings. The van der Waals surface area contributed by atoms with Gasteiger partial charge in [-0.2, -0.15) is 0 Å². The van der Waals surface area contributed by atoms with Crippen LogP contribution >= 0.6 is 0 Å². The summed E-state index contributed by atoms with van der Waals surface area (Å²) >= 11 is 0. The summed E-state index contributed by atoms with van der Waals surface area (Å²) in [5, 5.41) is 9.64. The summed E-state index contributed by atoms with van der Waals surface area (Å²) in [5.41, 5.74) is 2.28. The van der Waals surface area contributed by atoms with E-state index in [4.69, 9.17) is 4.74 Å². The van der Waals surface area contributed by atoms with Crippen molar-refractivity contribution < 1.29 is 19.4 Å². The van der Waals surface area contributed by atoms with Crippen LogP contribution in [0.5, 0.6) is 11.5 Å². The van der Waals surface area contributed by atoms with Crippen molar-refractivity contribution in [3.8, 4) is 11.5 Å². The summed E-state index contributed by atoms with van der Waals surface area (Å²) in [6.07, 6.45) is 2.38. The van der Waals surface area contributed by atoms with Gasteiger partial charge in [-0.25, -0.2) is 0 Å². The van der Waals surface area contributed by atoms with Gasteiger partial charge in [0.05, 0.1) is 13.7 Å². The van der Waals surface area contributed by atoms with Crippen LogP contribution in [-0.4, -0.2) is 41.9 Å². The molecule has 25 heavy (non-hydrogen) atoms. The van der Waals surface area contributed by atoms with Gasteiger partial charge in [0.1, 0.15) is 0 Å². The molecule has 0 spiro atoms. The Morgan fingerprint density at radius 1 is 1.16 bits per heavy atom. The van der Waals surface area contributed by atoms with Crippen molar-refractivity contribution in [2.75, 3.05) is 20.2 Å². The highest BCUT2D eigenvalue weighted by Crippen LogP contribution is 2.28. The van der Waals surface area contributed by atoms with Gasteiger partial charge in [0.15, 0.2) is 11.5 Å². The summed E-state index contributed by atoms with van der Waals surface area (Å²) in [4.78, 5) is 26.0. The predicted molar refractivity (Wildman–Crippen MR) is 94.4 cm³/mol. The van der Waals surface area contributed by atoms with E-state index in [0.29, 0.717) is 36.4 Å². The Morgan fingerprint density at radius 2 is 1.92 bits per heavy atom. The standard InChI is InChI=1S/C20H19NO4/c1-25-18-12-15(7-8-17(18)22)11-16-13-21(20(24)19(16)23)10-9-14-5-3-2-4-6-14/h2-8,11-12,22H,9-10,13H2,1H3/b16-11+. The monoisotopic (exact) mass is 337 g/mol. The minimum atomic E-state index is -0.472. The van der Waals surface area contributed by atoms with Gasteiger partial charge in [0, 0.05) is 12.1 Å². The highest BCUT2D eigenvalue weighted by Gasteiger charge is 2.33. The third kappa shape index (κ3) is 3.71. The van der Waals surface area contributed by atoms with Crippen molar-refractivity contribution in [1.82, 2.24) is 4.90 Å². The molecule has 0 bridgehead atoms. The molecule has 0 aromatic heterocycles. The van der Waals surface area contributed by atoms with Crippen molar-refractivity contribution in [3.63, 3.8) is 0 Å². The number of phenolic OH excluding ortho intramolecular Hbond substituents is 1. The van der Waals surface area contributed by atoms with E-state index < -0.39 is 11.7 Å². The SMILES string of the molecule is COc1cc(/C=C2\CN(CCc3ccccc3)C(=O)C2=O)ccc1O. The number of likely N-dealkylation sites (tertiary alicyclic amines) is 1. The number of benzene rings is 2. The summed E-state index contributed by atoms with van der Waals surface area (Å²) in [6, 6.07) is 14.7. The number of methoxy groups -OCH3 is 1. The Bertz CT molecular complexity index is 827. The molecular formula is C20H19NO4. The molecule has 5 heteroatoms. The van der Waals surface area contributed by atoms with E-state index in [0.717, 1.165) is 5.56 Å².